The first-order chi connectivity index (χ1) is 13.5. The molecule has 7 heteroatoms. The minimum Gasteiger partial charge on any atom is -0.344 e. The van der Waals surface area contributed by atoms with Crippen molar-refractivity contribution in [2.45, 2.75) is 25.8 Å². The second kappa shape index (κ2) is 7.26. The zero-order valence-electron chi connectivity index (χ0n) is 15.3. The molecule has 28 heavy (non-hydrogen) atoms. The van der Waals surface area contributed by atoms with Gasteiger partial charge in [0.1, 0.15) is 5.82 Å². The zero-order chi connectivity index (χ0) is 19.7. The van der Waals surface area contributed by atoms with Crippen molar-refractivity contribution in [3.8, 4) is 5.69 Å². The molecule has 0 saturated heterocycles. The maximum atomic E-state index is 13.1. The van der Waals surface area contributed by atoms with Gasteiger partial charge in [-0.3, -0.25) is 9.59 Å². The summed E-state index contributed by atoms with van der Waals surface area (Å²) in [5, 5.41) is 10.1. The number of benzene rings is 2. The molecule has 142 valence electrons. The van der Waals surface area contributed by atoms with Crippen LogP contribution in [-0.4, -0.2) is 21.6 Å². The maximum Gasteiger partial charge on any atom is 0.272 e. The fourth-order valence-electron chi connectivity index (χ4n) is 3.21. The van der Waals surface area contributed by atoms with Crippen LogP contribution in [0.15, 0.2) is 54.7 Å². The van der Waals surface area contributed by atoms with Gasteiger partial charge in [0, 0.05) is 18.3 Å². The highest BCUT2D eigenvalue weighted by atomic mass is 19.1. The summed E-state index contributed by atoms with van der Waals surface area (Å²) < 4.78 is 14.6. The Labute approximate surface area is 161 Å². The average Bonchev–Trinajstić information content (AvgIpc) is 3.18. The zero-order valence-corrected chi connectivity index (χ0v) is 15.3. The van der Waals surface area contributed by atoms with Crippen LogP contribution in [0.1, 0.15) is 41.0 Å². The molecule has 0 spiro atoms. The number of aryl methyl sites for hydroxylation is 1. The number of halogens is 1. The number of nitrogens with zero attached hydrogens (tertiary/aromatic N) is 2. The number of carbonyl (C=O) groups is 2. The molecule has 4 rings (SSSR count). The largest absolute Gasteiger partial charge is 0.344 e. The van der Waals surface area contributed by atoms with Crippen molar-refractivity contribution in [1.29, 1.82) is 0 Å². The molecule has 0 aliphatic carbocycles. The van der Waals surface area contributed by atoms with Crippen LogP contribution >= 0.6 is 0 Å². The van der Waals surface area contributed by atoms with E-state index in [-0.39, 0.29) is 29.4 Å². The van der Waals surface area contributed by atoms with Crippen LogP contribution in [0.4, 0.5) is 10.1 Å². The predicted octanol–water partition coefficient (Wildman–Crippen LogP) is 3.39. The molecular formula is C21H19FN4O2. The first-order valence-electron chi connectivity index (χ1n) is 9.05. The van der Waals surface area contributed by atoms with Crippen LogP contribution in [0.2, 0.25) is 0 Å². The van der Waals surface area contributed by atoms with E-state index in [1.807, 2.05) is 25.1 Å². The van der Waals surface area contributed by atoms with Gasteiger partial charge in [-0.1, -0.05) is 12.1 Å². The quantitative estimate of drug-likeness (QED) is 0.731. The lowest BCUT2D eigenvalue weighted by molar-refractivity contribution is -0.116. The van der Waals surface area contributed by atoms with Crippen molar-refractivity contribution < 1.29 is 14.0 Å². The fraction of sp³-hybridized carbons (Fsp3) is 0.190. The number of fused-ring (bicyclic) bond motifs is 1. The molecule has 2 heterocycles. The molecule has 1 aliphatic heterocycles. The first-order valence-corrected chi connectivity index (χ1v) is 9.05. The van der Waals surface area contributed by atoms with Crippen LogP contribution in [0.5, 0.6) is 0 Å². The third kappa shape index (κ3) is 3.64. The predicted molar refractivity (Wildman–Crippen MR) is 103 cm³/mol. The van der Waals surface area contributed by atoms with Gasteiger partial charge in [0.05, 0.1) is 11.7 Å². The van der Waals surface area contributed by atoms with Gasteiger partial charge < -0.3 is 10.6 Å². The second-order valence-corrected chi connectivity index (χ2v) is 6.78. The number of amides is 2. The number of carbonyl (C=O) groups excluding carboxylic acids is 2. The lowest BCUT2D eigenvalue weighted by Gasteiger charge is -2.20. The summed E-state index contributed by atoms with van der Waals surface area (Å²) in [6.45, 7) is 1.90. The molecule has 2 N–H and O–H groups in total. The summed E-state index contributed by atoms with van der Waals surface area (Å²) in [5.41, 5.74) is 3.81. The van der Waals surface area contributed by atoms with Crippen LogP contribution in [0, 0.1) is 5.82 Å². The molecule has 2 amide bonds. The Hall–Kier alpha value is -3.48. The van der Waals surface area contributed by atoms with Crippen LogP contribution < -0.4 is 10.6 Å². The molecule has 3 aromatic rings. The second-order valence-electron chi connectivity index (χ2n) is 6.78. The minimum absolute atomic E-state index is 0.0262. The normalized spacial score (nSPS) is 14.1. The van der Waals surface area contributed by atoms with Crippen molar-refractivity contribution in [2.75, 3.05) is 5.32 Å². The van der Waals surface area contributed by atoms with Crippen molar-refractivity contribution >= 4 is 17.5 Å². The lowest BCUT2D eigenvalue weighted by Crippen LogP contribution is -2.27. The van der Waals surface area contributed by atoms with Gasteiger partial charge >= 0.3 is 0 Å². The monoisotopic (exact) mass is 378 g/mol. The van der Waals surface area contributed by atoms with Crippen LogP contribution in [0.25, 0.3) is 5.69 Å². The molecule has 0 bridgehead atoms. The highest BCUT2D eigenvalue weighted by Gasteiger charge is 2.18. The van der Waals surface area contributed by atoms with E-state index in [4.69, 9.17) is 0 Å². The first kappa shape index (κ1) is 17.9. The number of anilines is 1. The van der Waals surface area contributed by atoms with Gasteiger partial charge in [0.15, 0.2) is 5.69 Å². The molecule has 0 unspecified atom stereocenters. The number of hydrogen-bond donors (Lipinski definition) is 2. The van der Waals surface area contributed by atoms with Crippen molar-refractivity contribution in [3.63, 3.8) is 0 Å². The van der Waals surface area contributed by atoms with E-state index in [0.29, 0.717) is 18.5 Å². The lowest BCUT2D eigenvalue weighted by atomic mass is 9.98. The molecule has 0 radical (unpaired) electrons. The van der Waals surface area contributed by atoms with Gasteiger partial charge in [0.2, 0.25) is 5.91 Å². The summed E-state index contributed by atoms with van der Waals surface area (Å²) in [6.07, 6.45) is 2.82. The molecule has 0 saturated carbocycles. The standard InChI is InChI=1S/C21H19FN4O2/c1-13(14-2-8-18-15(12-14)3-9-20(27)24-18)23-21(28)19-10-11-26(25-19)17-6-4-16(22)5-7-17/h2,4-8,10-13H,3,9H2,1H3,(H,23,28)(H,24,27)/t13-/m0/s1. The minimum atomic E-state index is -0.327. The van der Waals surface area contributed by atoms with Crippen LogP contribution in [-0.2, 0) is 11.2 Å². The Morgan fingerprint density at radius 2 is 1.96 bits per heavy atom. The maximum absolute atomic E-state index is 13.1. The van der Waals surface area contributed by atoms with Gasteiger partial charge in [-0.15, -0.1) is 0 Å². The fourth-order valence-corrected chi connectivity index (χ4v) is 3.21. The third-order valence-corrected chi connectivity index (χ3v) is 4.79. The Kier molecular flexibility index (Phi) is 4.65. The summed E-state index contributed by atoms with van der Waals surface area (Å²) in [7, 11) is 0. The molecule has 6 nitrogen and oxygen atoms in total. The van der Waals surface area contributed by atoms with E-state index in [9.17, 15) is 14.0 Å². The Bertz CT molecular complexity index is 1040. The van der Waals surface area contributed by atoms with Gasteiger partial charge in [0.25, 0.3) is 5.91 Å². The summed E-state index contributed by atoms with van der Waals surface area (Å²) >= 11 is 0. The van der Waals surface area contributed by atoms with Gasteiger partial charge in [-0.05, 0) is 60.9 Å². The highest BCUT2D eigenvalue weighted by molar-refractivity contribution is 5.94. The summed E-state index contributed by atoms with van der Waals surface area (Å²) in [4.78, 5) is 24.0. The molecule has 1 atom stereocenters. The Morgan fingerprint density at radius 3 is 2.75 bits per heavy atom. The molecule has 1 aromatic heterocycles. The van der Waals surface area contributed by atoms with E-state index >= 15 is 0 Å². The molecule has 0 fully saturated rings. The van der Waals surface area contributed by atoms with Crippen molar-refractivity contribution in [1.82, 2.24) is 15.1 Å². The van der Waals surface area contributed by atoms with Crippen LogP contribution in [0.3, 0.4) is 0 Å². The molecule has 2 aromatic carbocycles. The van der Waals surface area contributed by atoms with Gasteiger partial charge in [-0.2, -0.15) is 5.10 Å². The smallest absolute Gasteiger partial charge is 0.272 e. The number of aromatic nitrogens is 2. The van der Waals surface area contributed by atoms with E-state index in [2.05, 4.69) is 15.7 Å². The average molecular weight is 378 g/mol. The Morgan fingerprint density at radius 1 is 1.18 bits per heavy atom. The molecule has 1 aliphatic rings. The molecular weight excluding hydrogens is 359 g/mol. The van der Waals surface area contributed by atoms with E-state index in [1.165, 1.54) is 16.8 Å². The van der Waals surface area contributed by atoms with E-state index in [0.717, 1.165) is 16.8 Å². The van der Waals surface area contributed by atoms with Gasteiger partial charge in [-0.25, -0.2) is 9.07 Å². The van der Waals surface area contributed by atoms with Crippen molar-refractivity contribution in [2.24, 2.45) is 0 Å². The third-order valence-electron chi connectivity index (χ3n) is 4.79. The number of hydrogen-bond acceptors (Lipinski definition) is 3. The highest BCUT2D eigenvalue weighted by Crippen LogP contribution is 2.26. The van der Waals surface area contributed by atoms with E-state index < -0.39 is 0 Å². The topological polar surface area (TPSA) is 76.0 Å². The van der Waals surface area contributed by atoms with Crippen molar-refractivity contribution in [3.05, 3.63) is 77.4 Å². The summed E-state index contributed by atoms with van der Waals surface area (Å²) in [6, 6.07) is 13.1. The number of rotatable bonds is 4. The Balaban J connectivity index is 1.46. The van der Waals surface area contributed by atoms with E-state index in [1.54, 1.807) is 24.4 Å². The summed E-state index contributed by atoms with van der Waals surface area (Å²) in [5.74, 6) is -0.593. The SMILES string of the molecule is C[C@H](NC(=O)c1ccn(-c2ccc(F)cc2)n1)c1ccc2c(c1)CCC(=O)N2. The number of nitrogens with one attached hydrogen (secondary N) is 2.